The summed E-state index contributed by atoms with van der Waals surface area (Å²) < 4.78 is 13.3. The van der Waals surface area contributed by atoms with Crippen molar-refractivity contribution in [2.75, 3.05) is 26.2 Å². The summed E-state index contributed by atoms with van der Waals surface area (Å²) >= 11 is 6.14. The maximum Gasteiger partial charge on any atom is 0.303 e. The van der Waals surface area contributed by atoms with Crippen LogP contribution >= 0.6 is 11.6 Å². The van der Waals surface area contributed by atoms with Gasteiger partial charge in [-0.1, -0.05) is 35.9 Å². The molecule has 2 aromatic carbocycles. The van der Waals surface area contributed by atoms with E-state index in [-0.39, 0.29) is 24.2 Å². The van der Waals surface area contributed by atoms with Gasteiger partial charge in [0.15, 0.2) is 0 Å². The van der Waals surface area contributed by atoms with Gasteiger partial charge in [-0.05, 0) is 36.2 Å². The van der Waals surface area contributed by atoms with Gasteiger partial charge in [-0.25, -0.2) is 4.39 Å². The fraction of sp³-hybridized carbons (Fsp3) is 0.333. The Balaban J connectivity index is 1.69. The zero-order chi connectivity index (χ0) is 20.1. The predicted molar refractivity (Wildman–Crippen MR) is 105 cm³/mol. The van der Waals surface area contributed by atoms with E-state index in [1.165, 1.54) is 12.1 Å². The van der Waals surface area contributed by atoms with Crippen molar-refractivity contribution >= 4 is 23.5 Å². The van der Waals surface area contributed by atoms with E-state index >= 15 is 0 Å². The van der Waals surface area contributed by atoms with Crippen molar-refractivity contribution in [1.29, 1.82) is 0 Å². The normalized spacial score (nSPS) is 16.0. The maximum absolute atomic E-state index is 13.3. The molecule has 0 aliphatic carbocycles. The molecule has 0 bridgehead atoms. The molecule has 28 heavy (non-hydrogen) atoms. The lowest BCUT2D eigenvalue weighted by molar-refractivity contribution is -0.137. The van der Waals surface area contributed by atoms with Crippen LogP contribution < -0.4 is 0 Å². The van der Waals surface area contributed by atoms with E-state index in [1.807, 2.05) is 0 Å². The number of carboxylic acids is 1. The van der Waals surface area contributed by atoms with Crippen LogP contribution in [0.25, 0.3) is 0 Å². The van der Waals surface area contributed by atoms with E-state index in [4.69, 9.17) is 16.7 Å². The van der Waals surface area contributed by atoms with Gasteiger partial charge < -0.3 is 10.0 Å². The first-order valence-corrected chi connectivity index (χ1v) is 9.58. The van der Waals surface area contributed by atoms with E-state index in [0.717, 1.165) is 5.56 Å². The summed E-state index contributed by atoms with van der Waals surface area (Å²) in [5.41, 5.74) is 1.37. The van der Waals surface area contributed by atoms with Gasteiger partial charge >= 0.3 is 5.97 Å². The highest BCUT2D eigenvalue weighted by Crippen LogP contribution is 2.28. The molecule has 0 saturated carbocycles. The first kappa shape index (κ1) is 20.3. The van der Waals surface area contributed by atoms with E-state index in [2.05, 4.69) is 4.90 Å². The third kappa shape index (κ3) is 4.88. The highest BCUT2D eigenvalue weighted by atomic mass is 35.5. The largest absolute Gasteiger partial charge is 0.481 e. The number of halogens is 2. The quantitative estimate of drug-likeness (QED) is 0.794. The summed E-state index contributed by atoms with van der Waals surface area (Å²) in [6, 6.07) is 13.0. The number of benzene rings is 2. The highest BCUT2D eigenvalue weighted by Gasteiger charge is 2.28. The molecule has 3 rings (SSSR count). The van der Waals surface area contributed by atoms with Gasteiger partial charge in [0.25, 0.3) is 5.91 Å². The average molecular weight is 405 g/mol. The summed E-state index contributed by atoms with van der Waals surface area (Å²) in [6.45, 7) is 2.26. The molecule has 0 aromatic heterocycles. The number of nitrogens with zero attached hydrogens (tertiary/aromatic N) is 2. The standard InChI is InChI=1S/C21H22ClFN2O3/c22-18-4-2-1-3-17(18)21(28)25-13-11-24(12-14-25)19(9-10-20(26)27)15-5-7-16(23)8-6-15/h1-8,19H,9-14H2,(H,26,27)/t19-/m1/s1. The van der Waals surface area contributed by atoms with Crippen LogP contribution in [0.5, 0.6) is 0 Å². The van der Waals surface area contributed by atoms with Crippen LogP contribution in [-0.2, 0) is 4.79 Å². The molecule has 1 amide bonds. The highest BCUT2D eigenvalue weighted by molar-refractivity contribution is 6.33. The Kier molecular flexibility index (Phi) is 6.65. The Morgan fingerprint density at radius 2 is 1.68 bits per heavy atom. The van der Waals surface area contributed by atoms with Crippen LogP contribution in [-0.4, -0.2) is 53.0 Å². The zero-order valence-corrected chi connectivity index (χ0v) is 16.1. The molecule has 148 valence electrons. The topological polar surface area (TPSA) is 60.9 Å². The molecule has 1 heterocycles. The van der Waals surface area contributed by atoms with Gasteiger partial charge in [-0.2, -0.15) is 0 Å². The Morgan fingerprint density at radius 1 is 1.04 bits per heavy atom. The van der Waals surface area contributed by atoms with Crippen LogP contribution in [0.2, 0.25) is 5.02 Å². The molecule has 1 fully saturated rings. The fourth-order valence-corrected chi connectivity index (χ4v) is 3.76. The lowest BCUT2D eigenvalue weighted by Gasteiger charge is -2.39. The van der Waals surface area contributed by atoms with Crippen molar-refractivity contribution in [3.05, 3.63) is 70.5 Å². The second-order valence-electron chi connectivity index (χ2n) is 6.81. The number of aliphatic carboxylic acids is 1. The molecule has 1 saturated heterocycles. The van der Waals surface area contributed by atoms with Crippen LogP contribution in [0, 0.1) is 5.82 Å². The minimum atomic E-state index is -0.861. The molecule has 1 aliphatic heterocycles. The van der Waals surface area contributed by atoms with Gasteiger partial charge in [0.2, 0.25) is 0 Å². The number of carbonyl (C=O) groups is 2. The molecule has 7 heteroatoms. The van der Waals surface area contributed by atoms with Crippen LogP contribution in [0.3, 0.4) is 0 Å². The number of amides is 1. The van der Waals surface area contributed by atoms with Gasteiger partial charge in [0.05, 0.1) is 10.6 Å². The first-order valence-electron chi connectivity index (χ1n) is 9.21. The number of piperazine rings is 1. The van der Waals surface area contributed by atoms with Crippen molar-refractivity contribution in [3.8, 4) is 0 Å². The molecule has 1 atom stereocenters. The summed E-state index contributed by atoms with van der Waals surface area (Å²) in [7, 11) is 0. The Morgan fingerprint density at radius 3 is 2.29 bits per heavy atom. The number of hydrogen-bond acceptors (Lipinski definition) is 3. The van der Waals surface area contributed by atoms with Crippen molar-refractivity contribution in [2.24, 2.45) is 0 Å². The average Bonchev–Trinajstić information content (AvgIpc) is 2.69. The number of carbonyl (C=O) groups excluding carboxylic acids is 1. The molecule has 0 radical (unpaired) electrons. The summed E-state index contributed by atoms with van der Waals surface area (Å²) in [5.74, 6) is -1.29. The molecule has 0 spiro atoms. The third-order valence-corrected chi connectivity index (χ3v) is 5.36. The SMILES string of the molecule is O=C(O)CC[C@H](c1ccc(F)cc1)N1CCN(C(=O)c2ccccc2Cl)CC1. The lowest BCUT2D eigenvalue weighted by Crippen LogP contribution is -2.49. The van der Waals surface area contributed by atoms with E-state index in [1.54, 1.807) is 41.3 Å². The smallest absolute Gasteiger partial charge is 0.303 e. The van der Waals surface area contributed by atoms with Gasteiger partial charge in [-0.15, -0.1) is 0 Å². The fourth-order valence-electron chi connectivity index (χ4n) is 3.55. The van der Waals surface area contributed by atoms with Crippen molar-refractivity contribution < 1.29 is 19.1 Å². The van der Waals surface area contributed by atoms with Crippen LogP contribution in [0.15, 0.2) is 48.5 Å². The van der Waals surface area contributed by atoms with Gasteiger partial charge in [0.1, 0.15) is 5.82 Å². The van der Waals surface area contributed by atoms with Crippen molar-refractivity contribution in [2.45, 2.75) is 18.9 Å². The van der Waals surface area contributed by atoms with E-state index in [0.29, 0.717) is 43.2 Å². The number of carboxylic acid groups (broad SMARTS) is 1. The monoisotopic (exact) mass is 404 g/mol. The second kappa shape index (κ2) is 9.17. The van der Waals surface area contributed by atoms with Crippen molar-refractivity contribution in [3.63, 3.8) is 0 Å². The molecule has 0 unspecified atom stereocenters. The van der Waals surface area contributed by atoms with Gasteiger partial charge in [-0.3, -0.25) is 14.5 Å². The Bertz CT molecular complexity index is 836. The third-order valence-electron chi connectivity index (χ3n) is 5.03. The minimum absolute atomic E-state index is 0.0286. The van der Waals surface area contributed by atoms with E-state index in [9.17, 15) is 14.0 Å². The molecular formula is C21H22ClFN2O3. The second-order valence-corrected chi connectivity index (χ2v) is 7.21. The number of rotatable bonds is 6. The number of hydrogen-bond donors (Lipinski definition) is 1. The zero-order valence-electron chi connectivity index (χ0n) is 15.4. The minimum Gasteiger partial charge on any atom is -0.481 e. The van der Waals surface area contributed by atoms with Crippen molar-refractivity contribution in [1.82, 2.24) is 9.80 Å². The van der Waals surface area contributed by atoms with Crippen LogP contribution in [0.1, 0.15) is 34.8 Å². The first-order chi connectivity index (χ1) is 13.5. The Hall–Kier alpha value is -2.44. The van der Waals surface area contributed by atoms with E-state index < -0.39 is 5.97 Å². The predicted octanol–water partition coefficient (Wildman–Crippen LogP) is 3.84. The Labute approximate surface area is 168 Å². The molecule has 2 aromatic rings. The molecule has 1 N–H and O–H groups in total. The lowest BCUT2D eigenvalue weighted by atomic mass is 9.99. The molecular weight excluding hydrogens is 383 g/mol. The molecule has 1 aliphatic rings. The summed E-state index contributed by atoms with van der Waals surface area (Å²) in [5, 5.41) is 9.51. The summed E-state index contributed by atoms with van der Waals surface area (Å²) in [6.07, 6.45) is 0.459. The summed E-state index contributed by atoms with van der Waals surface area (Å²) in [4.78, 5) is 27.7. The maximum atomic E-state index is 13.3. The van der Waals surface area contributed by atoms with Gasteiger partial charge in [0, 0.05) is 38.6 Å². The van der Waals surface area contributed by atoms with Crippen LogP contribution in [0.4, 0.5) is 4.39 Å². The molecule has 5 nitrogen and oxygen atoms in total.